The third kappa shape index (κ3) is 2.96. The lowest BCUT2D eigenvalue weighted by Gasteiger charge is -1.49. The Morgan fingerprint density at radius 1 is 2.00 bits per heavy atom. The molecule has 0 aliphatic carbocycles. The van der Waals surface area contributed by atoms with E-state index in [0.29, 0.717) is 0 Å². The van der Waals surface area contributed by atoms with Crippen molar-refractivity contribution in [1.29, 1.82) is 0 Å². The van der Waals surface area contributed by atoms with Gasteiger partial charge in [-0.3, -0.25) is 0 Å². The molecule has 5 heavy (non-hydrogen) atoms. The van der Waals surface area contributed by atoms with Crippen LogP contribution in [0.1, 0.15) is 0 Å². The zero-order chi connectivity index (χ0) is 4.28. The number of carbonyl (C=O) groups excluding carboxylic acids is 1. The normalized spacial score (nSPS) is 5.40. The first kappa shape index (κ1) is 3.96. The van der Waals surface area contributed by atoms with Crippen molar-refractivity contribution in [1.82, 2.24) is 0 Å². The van der Waals surface area contributed by atoms with Crippen LogP contribution in [-0.2, 0) is 0 Å². The second-order valence-electron chi connectivity index (χ2n) is 0.417. The highest BCUT2D eigenvalue weighted by atomic mass is 16.4. The van der Waals surface area contributed by atoms with E-state index in [9.17, 15) is 0 Å². The molecule has 26 valence electrons. The number of nitrogens with zero attached hydrogens (tertiary/aromatic N) is 1. The minimum atomic E-state index is -1.20. The molecule has 0 radical (unpaired) electrons. The first-order valence-corrected chi connectivity index (χ1v) is 0.901. The molecular formula is C2H2NO2+. The standard InChI is InChI=1S/C2HNO2/c1-3-2(4)5/h(H,4,5)/p+1. The molecule has 1 amide bonds. The average Bonchev–Trinajstić information content (AvgIpc) is 1.38. The van der Waals surface area contributed by atoms with Gasteiger partial charge >= 0.3 is 6.09 Å². The molecule has 0 aromatic heterocycles. The fourth-order valence-corrected chi connectivity index (χ4v) is 0. The van der Waals surface area contributed by atoms with E-state index in [1.54, 1.807) is 0 Å². The van der Waals surface area contributed by atoms with E-state index < -0.39 is 6.09 Å². The maximum absolute atomic E-state index is 9.12. The minimum absolute atomic E-state index is 1.20. The Morgan fingerprint density at radius 3 is 2.20 bits per heavy atom. The number of hydrogen-bond donors (Lipinski definition) is 0. The molecule has 0 saturated carbocycles. The molecule has 0 aromatic carbocycles. The maximum atomic E-state index is 9.12. The highest BCUT2D eigenvalue weighted by Crippen LogP contribution is 1.61. The summed E-state index contributed by atoms with van der Waals surface area (Å²) in [6.07, 6.45) is -1.20. The largest absolute Gasteiger partial charge is 0.772 e. The van der Waals surface area contributed by atoms with Crippen LogP contribution in [0, 0.1) is 6.57 Å². The van der Waals surface area contributed by atoms with Crippen LogP contribution in [0.25, 0.3) is 4.85 Å². The van der Waals surface area contributed by atoms with E-state index in [1.807, 2.05) is 0 Å². The van der Waals surface area contributed by atoms with Crippen molar-refractivity contribution in [3.8, 4) is 0 Å². The van der Waals surface area contributed by atoms with Gasteiger partial charge in [0.2, 0.25) is 0 Å². The molecule has 0 rings (SSSR count). The summed E-state index contributed by atoms with van der Waals surface area (Å²) in [7, 11) is 0. The molecule has 0 aliphatic rings. The van der Waals surface area contributed by atoms with E-state index in [-0.39, 0.29) is 0 Å². The van der Waals surface area contributed by atoms with Gasteiger partial charge in [0, 0.05) is 4.79 Å². The van der Waals surface area contributed by atoms with Crippen LogP contribution in [0.4, 0.5) is 4.79 Å². The summed E-state index contributed by atoms with van der Waals surface area (Å²) in [5, 5.41) is 5.83. The van der Waals surface area contributed by atoms with Gasteiger partial charge in [0.25, 0.3) is 0 Å². The third-order valence-corrected chi connectivity index (χ3v) is 0.102. The highest BCUT2D eigenvalue weighted by Gasteiger charge is 1.96. The van der Waals surface area contributed by atoms with Gasteiger partial charge in [0.15, 0.2) is 0 Å². The summed E-state index contributed by atoms with van der Waals surface area (Å²) in [4.78, 5) is 11.3. The van der Waals surface area contributed by atoms with Crippen LogP contribution in [0.15, 0.2) is 0 Å². The van der Waals surface area contributed by atoms with Crippen LogP contribution >= 0.6 is 0 Å². The van der Waals surface area contributed by atoms with Crippen molar-refractivity contribution in [2.24, 2.45) is 0 Å². The van der Waals surface area contributed by atoms with Crippen molar-refractivity contribution in [2.75, 3.05) is 0 Å². The van der Waals surface area contributed by atoms with Gasteiger partial charge in [-0.1, -0.05) is 0 Å². The van der Waals surface area contributed by atoms with Gasteiger partial charge in [-0.25, -0.2) is 0 Å². The summed E-state index contributed by atoms with van der Waals surface area (Å²) in [5.41, 5.74) is 0. The van der Waals surface area contributed by atoms with E-state index in [4.69, 9.17) is 16.5 Å². The quantitative estimate of drug-likeness (QED) is 0.287. The summed E-state index contributed by atoms with van der Waals surface area (Å²) in [5.74, 6) is 0. The van der Waals surface area contributed by atoms with Crippen molar-refractivity contribution in [3.05, 3.63) is 11.4 Å². The zero-order valence-corrected chi connectivity index (χ0v) is 2.36. The van der Waals surface area contributed by atoms with Crippen LogP contribution in [0.5, 0.6) is 0 Å². The van der Waals surface area contributed by atoms with Gasteiger partial charge < -0.3 is 5.11 Å². The van der Waals surface area contributed by atoms with Crippen molar-refractivity contribution in [2.45, 2.75) is 0 Å². The summed E-state index contributed by atoms with van der Waals surface area (Å²) in [6, 6.07) is 0. The molecule has 2 N–H and O–H groups in total. The summed E-state index contributed by atoms with van der Waals surface area (Å²) < 4.78 is 0. The Balaban J connectivity index is 3.35. The molecule has 0 spiro atoms. The Bertz CT molecular complexity index is 80.1. The van der Waals surface area contributed by atoms with Gasteiger partial charge in [-0.2, -0.15) is 0 Å². The topological polar surface area (TPSA) is 44.3 Å². The smallest absolute Gasteiger partial charge is 0.575 e. The predicted octanol–water partition coefficient (Wildman–Crippen LogP) is -0.250. The Hall–Kier alpha value is -1.04. The predicted molar refractivity (Wildman–Crippen MR) is 15.6 cm³/mol. The highest BCUT2D eigenvalue weighted by molar-refractivity contribution is 5.75. The SMILES string of the molecule is [C-]#[N+]C(=O)[OH2+]. The average molecular weight is 72.0 g/mol. The fraction of sp³-hybridized carbons (Fsp3) is 0. The number of carbonyl (C=O) groups is 1. The number of amides is 1. The fourth-order valence-electron chi connectivity index (χ4n) is 0. The molecule has 0 aromatic rings. The van der Waals surface area contributed by atoms with Crippen LogP contribution in [-0.4, -0.2) is 11.2 Å². The van der Waals surface area contributed by atoms with Crippen LogP contribution < -0.4 is 0 Å². The number of rotatable bonds is 0. The maximum Gasteiger partial charge on any atom is 0.772 e. The van der Waals surface area contributed by atoms with Gasteiger partial charge in [-0.15, -0.1) is 4.85 Å². The van der Waals surface area contributed by atoms with Crippen LogP contribution in [0.2, 0.25) is 0 Å². The molecule has 0 saturated heterocycles. The van der Waals surface area contributed by atoms with E-state index in [2.05, 4.69) is 4.85 Å². The summed E-state index contributed by atoms with van der Waals surface area (Å²) in [6.45, 7) is 5.75. The monoisotopic (exact) mass is 72.0 g/mol. The van der Waals surface area contributed by atoms with E-state index in [1.165, 1.54) is 0 Å². The molecule has 0 atom stereocenters. The lowest BCUT2D eigenvalue weighted by molar-refractivity contribution is 0.213. The zero-order valence-electron chi connectivity index (χ0n) is 2.36. The lowest BCUT2D eigenvalue weighted by atomic mass is 11.3. The van der Waals surface area contributed by atoms with Crippen LogP contribution in [0.3, 0.4) is 0 Å². The molecule has 0 unspecified atom stereocenters. The van der Waals surface area contributed by atoms with Crippen molar-refractivity contribution < 1.29 is 9.90 Å². The number of hydrogen-bond acceptors (Lipinski definition) is 1. The molecule has 0 aliphatic heterocycles. The first-order chi connectivity index (χ1) is 2.27. The van der Waals surface area contributed by atoms with Crippen molar-refractivity contribution in [3.63, 3.8) is 0 Å². The second kappa shape index (κ2) is 1.30. The van der Waals surface area contributed by atoms with E-state index in [0.717, 1.165) is 0 Å². The van der Waals surface area contributed by atoms with Gasteiger partial charge in [0.1, 0.15) is 6.57 Å². The van der Waals surface area contributed by atoms with E-state index >= 15 is 0 Å². The molecule has 3 heteroatoms. The van der Waals surface area contributed by atoms with Crippen molar-refractivity contribution >= 4 is 6.09 Å². The second-order valence-corrected chi connectivity index (χ2v) is 0.417. The minimum Gasteiger partial charge on any atom is -0.575 e. The van der Waals surface area contributed by atoms with Gasteiger partial charge in [-0.05, 0) is 0 Å². The third-order valence-electron chi connectivity index (χ3n) is 0.102. The molecular weight excluding hydrogens is 70.0 g/mol. The molecule has 3 nitrogen and oxygen atoms in total. The first-order valence-electron chi connectivity index (χ1n) is 0.901. The lowest BCUT2D eigenvalue weighted by Crippen LogP contribution is -1.74. The Morgan fingerprint density at radius 2 is 2.20 bits per heavy atom. The van der Waals surface area contributed by atoms with Gasteiger partial charge in [0.05, 0.1) is 0 Å². The Kier molecular flexibility index (Phi) is 1.03. The molecule has 0 fully saturated rings. The Labute approximate surface area is 28.7 Å². The molecule has 0 bridgehead atoms. The summed E-state index contributed by atoms with van der Waals surface area (Å²) >= 11 is 0. The molecule has 0 heterocycles.